The average molecular weight is 524 g/mol. The van der Waals surface area contributed by atoms with Gasteiger partial charge in [0, 0.05) is 11.6 Å². The Hall–Kier alpha value is -3.05. The van der Waals surface area contributed by atoms with Gasteiger partial charge in [-0.25, -0.2) is 18.4 Å². The molecule has 3 saturated carbocycles. The largest absolute Gasteiger partial charge is 0.491 e. The van der Waals surface area contributed by atoms with Crippen molar-refractivity contribution in [3.8, 4) is 5.75 Å². The zero-order valence-corrected chi connectivity index (χ0v) is 19.9. The van der Waals surface area contributed by atoms with Gasteiger partial charge in [0.25, 0.3) is 0 Å². The molecule has 3 atom stereocenters. The molecule has 2 bridgehead atoms. The van der Waals surface area contributed by atoms with E-state index in [9.17, 15) is 27.1 Å². The second-order valence-electron chi connectivity index (χ2n) is 10.4. The molecule has 0 spiro atoms. The monoisotopic (exact) mass is 523 g/mol. The van der Waals surface area contributed by atoms with Gasteiger partial charge in [-0.05, 0) is 59.8 Å². The van der Waals surface area contributed by atoms with Gasteiger partial charge in [-0.2, -0.15) is 18.3 Å². The number of rotatable bonds is 9. The van der Waals surface area contributed by atoms with Crippen molar-refractivity contribution in [1.82, 2.24) is 14.8 Å². The third kappa shape index (κ3) is 4.37. The van der Waals surface area contributed by atoms with E-state index in [4.69, 9.17) is 9.84 Å². The predicted octanol–water partition coefficient (Wildman–Crippen LogP) is 4.50. The Balaban J connectivity index is 1.31. The maximum atomic E-state index is 14.9. The van der Waals surface area contributed by atoms with E-state index in [2.05, 4.69) is 10.1 Å². The summed E-state index contributed by atoms with van der Waals surface area (Å²) in [4.78, 5) is 3.90. The van der Waals surface area contributed by atoms with Crippen LogP contribution in [0.25, 0.3) is 0 Å². The number of halogens is 5. The first-order valence-corrected chi connectivity index (χ1v) is 11.9. The predicted molar refractivity (Wildman–Crippen MR) is 121 cm³/mol. The van der Waals surface area contributed by atoms with Gasteiger partial charge in [0.2, 0.25) is 0 Å². The maximum absolute atomic E-state index is 14.9. The van der Waals surface area contributed by atoms with Crippen molar-refractivity contribution in [3.05, 3.63) is 77.9 Å². The molecular weight excluding hydrogens is 497 g/mol. The van der Waals surface area contributed by atoms with Crippen molar-refractivity contribution in [1.29, 1.82) is 0 Å². The highest BCUT2D eigenvalue weighted by Gasteiger charge is 2.72. The van der Waals surface area contributed by atoms with Crippen LogP contribution in [-0.4, -0.2) is 43.9 Å². The normalized spacial score (nSPS) is 25.9. The van der Waals surface area contributed by atoms with Crippen LogP contribution in [0, 0.1) is 23.0 Å². The van der Waals surface area contributed by atoms with Crippen molar-refractivity contribution < 1.29 is 36.9 Å². The van der Waals surface area contributed by atoms with Crippen LogP contribution in [0.15, 0.2) is 55.1 Å². The van der Waals surface area contributed by atoms with Gasteiger partial charge in [0.15, 0.2) is 6.10 Å². The molecule has 3 aromatic rings. The minimum absolute atomic E-state index is 0.00165. The molecule has 3 aliphatic carbocycles. The number of aliphatic hydroxyl groups is 2. The van der Waals surface area contributed by atoms with E-state index in [-0.39, 0.29) is 28.7 Å². The average Bonchev–Trinajstić information content (AvgIpc) is 3.28. The highest BCUT2D eigenvalue weighted by molar-refractivity contribution is 5.43. The van der Waals surface area contributed by atoms with Crippen LogP contribution in [0.4, 0.5) is 22.0 Å². The lowest BCUT2D eigenvalue weighted by molar-refractivity contribution is -0.231. The Bertz CT molecular complexity index is 1250. The summed E-state index contributed by atoms with van der Waals surface area (Å²) in [7, 11) is 0. The molecule has 37 heavy (non-hydrogen) atoms. The molecule has 0 radical (unpaired) electrons. The summed E-state index contributed by atoms with van der Waals surface area (Å²) in [5, 5.41) is 25.1. The third-order valence-corrected chi connectivity index (χ3v) is 8.23. The fourth-order valence-electron chi connectivity index (χ4n) is 6.17. The second-order valence-corrected chi connectivity index (χ2v) is 10.4. The molecule has 1 aromatic heterocycles. The Morgan fingerprint density at radius 2 is 1.76 bits per heavy atom. The summed E-state index contributed by atoms with van der Waals surface area (Å²) in [6, 6.07) is 9.89. The Morgan fingerprint density at radius 1 is 1.08 bits per heavy atom. The summed E-state index contributed by atoms with van der Waals surface area (Å²) in [5.41, 5.74) is -1.10. The van der Waals surface area contributed by atoms with E-state index in [0.717, 1.165) is 37.0 Å². The van der Waals surface area contributed by atoms with Crippen LogP contribution >= 0.6 is 0 Å². The maximum Gasteiger partial charge on any atom is 0.417 e. The zero-order chi connectivity index (χ0) is 26.6. The first-order valence-electron chi connectivity index (χ1n) is 11.9. The van der Waals surface area contributed by atoms with Gasteiger partial charge < -0.3 is 14.9 Å². The molecule has 3 aliphatic rings. The van der Waals surface area contributed by atoms with Gasteiger partial charge in [-0.3, -0.25) is 0 Å². The van der Waals surface area contributed by atoms with Crippen molar-refractivity contribution in [3.63, 3.8) is 0 Å². The number of aliphatic hydroxyl groups excluding tert-OH is 1. The smallest absolute Gasteiger partial charge is 0.417 e. The molecule has 2 aromatic carbocycles. The zero-order valence-electron chi connectivity index (χ0n) is 19.9. The van der Waals surface area contributed by atoms with Gasteiger partial charge in [0.05, 0.1) is 6.54 Å². The van der Waals surface area contributed by atoms with E-state index in [0.29, 0.717) is 0 Å². The number of benzene rings is 2. The van der Waals surface area contributed by atoms with Crippen LogP contribution in [0.2, 0.25) is 0 Å². The van der Waals surface area contributed by atoms with E-state index in [1.165, 1.54) is 23.4 Å². The number of aromatic nitrogens is 3. The minimum atomic E-state index is -4.75. The summed E-state index contributed by atoms with van der Waals surface area (Å²) >= 11 is 0. The number of hydrogen-bond acceptors (Lipinski definition) is 5. The molecule has 0 aliphatic heterocycles. The van der Waals surface area contributed by atoms with Crippen molar-refractivity contribution >= 4 is 0 Å². The highest BCUT2D eigenvalue weighted by Crippen LogP contribution is 2.78. The van der Waals surface area contributed by atoms with Crippen molar-refractivity contribution in [2.45, 2.75) is 56.0 Å². The Morgan fingerprint density at radius 3 is 2.32 bits per heavy atom. The summed E-state index contributed by atoms with van der Waals surface area (Å²) in [6.07, 6.45) is -2.36. The Kier molecular flexibility index (Phi) is 6.06. The fourth-order valence-corrected chi connectivity index (χ4v) is 6.17. The van der Waals surface area contributed by atoms with Gasteiger partial charge in [-0.15, -0.1) is 0 Å². The van der Waals surface area contributed by atoms with E-state index < -0.39 is 42.0 Å². The quantitative estimate of drug-likeness (QED) is 0.404. The molecular formula is C26H26F5N3O3. The summed E-state index contributed by atoms with van der Waals surface area (Å²) in [5.74, 6) is -1.75. The van der Waals surface area contributed by atoms with Crippen LogP contribution in [0.3, 0.4) is 0 Å². The number of alkyl halides is 3. The molecule has 0 saturated heterocycles. The van der Waals surface area contributed by atoms with Gasteiger partial charge in [-0.1, -0.05) is 25.1 Å². The lowest BCUT2D eigenvalue weighted by atomic mass is 9.29. The van der Waals surface area contributed by atoms with Crippen LogP contribution < -0.4 is 4.74 Å². The highest BCUT2D eigenvalue weighted by atomic mass is 19.4. The Labute approximate surface area is 209 Å². The van der Waals surface area contributed by atoms with E-state index >= 15 is 0 Å². The van der Waals surface area contributed by atoms with E-state index in [1.807, 2.05) is 6.92 Å². The van der Waals surface area contributed by atoms with Gasteiger partial charge >= 0.3 is 6.18 Å². The molecule has 1 heterocycles. The lowest BCUT2D eigenvalue weighted by Crippen LogP contribution is -2.70. The minimum Gasteiger partial charge on any atom is -0.491 e. The summed E-state index contributed by atoms with van der Waals surface area (Å²) in [6.45, 7) is 0.923. The number of ether oxygens (including phenoxy) is 1. The second kappa shape index (κ2) is 8.76. The molecule has 11 heteroatoms. The molecule has 3 fully saturated rings. The fraction of sp³-hybridized carbons (Fsp3) is 0.462. The molecule has 2 N–H and O–H groups in total. The molecule has 6 rings (SSSR count). The molecule has 198 valence electrons. The van der Waals surface area contributed by atoms with Gasteiger partial charge in [0.1, 0.15) is 42.2 Å². The molecule has 0 unspecified atom stereocenters. The first kappa shape index (κ1) is 25.6. The standard InChI is InChI=1S/C26H26F5N3O3/c1-16(25(36,13-34-15-32-14-33-34)20-7-4-18(27)8-21(20)28)23-10-24(11-23,12-23)17-2-5-19(6-3-17)37-9-22(35)26(29,30)31/h2-8,14-16,22,35-36H,9-13H2,1H3/t16-,22+,23?,24?,25-/m1/s1. The topological polar surface area (TPSA) is 80.4 Å². The van der Waals surface area contributed by atoms with Crippen molar-refractivity contribution in [2.75, 3.05) is 6.61 Å². The third-order valence-electron chi connectivity index (χ3n) is 8.23. The van der Waals surface area contributed by atoms with E-state index in [1.54, 1.807) is 24.3 Å². The van der Waals surface area contributed by atoms with Crippen LogP contribution in [0.1, 0.15) is 37.3 Å². The SMILES string of the molecule is C[C@H](C12CC(c3ccc(OC[C@H](O)C(F)(F)F)cc3)(C1)C2)[C@](O)(Cn1cncn1)c1ccc(F)cc1F. The van der Waals surface area contributed by atoms with Crippen LogP contribution in [-0.2, 0) is 17.6 Å². The first-order chi connectivity index (χ1) is 17.4. The molecule has 6 nitrogen and oxygen atoms in total. The van der Waals surface area contributed by atoms with Crippen LogP contribution in [0.5, 0.6) is 5.75 Å². The number of hydrogen-bond donors (Lipinski definition) is 2. The molecule has 0 amide bonds. The van der Waals surface area contributed by atoms with Crippen molar-refractivity contribution in [2.24, 2.45) is 11.3 Å². The lowest BCUT2D eigenvalue weighted by Gasteiger charge is -2.75. The number of nitrogens with zero attached hydrogens (tertiary/aromatic N) is 3. The summed E-state index contributed by atoms with van der Waals surface area (Å²) < 4.78 is 72.4.